The molecule has 232 valence electrons. The molecule has 0 N–H and O–H groups in total. The van der Waals surface area contributed by atoms with E-state index in [9.17, 15) is 40.3 Å². The van der Waals surface area contributed by atoms with Crippen molar-refractivity contribution in [1.29, 1.82) is 0 Å². The fraction of sp³-hybridized carbons (Fsp3) is 0.533. The first-order valence-corrected chi connectivity index (χ1v) is 13.4. The summed E-state index contributed by atoms with van der Waals surface area (Å²) in [6.45, 7) is 8.70. The van der Waals surface area contributed by atoms with Crippen LogP contribution in [0, 0.1) is 12.7 Å². The van der Waals surface area contributed by atoms with Crippen LogP contribution < -0.4 is 0 Å². The summed E-state index contributed by atoms with van der Waals surface area (Å²) >= 11 is 0. The summed E-state index contributed by atoms with van der Waals surface area (Å²) in [4.78, 5) is 29.0. The average Bonchev–Trinajstić information content (AvgIpc) is 2.85. The Bertz CT molecular complexity index is 1280. The maximum Gasteiger partial charge on any atom is 0.416 e. The van der Waals surface area contributed by atoms with Gasteiger partial charge in [-0.3, -0.25) is 4.79 Å². The van der Waals surface area contributed by atoms with E-state index in [-0.39, 0.29) is 31.1 Å². The number of piperidine rings is 1. The molecule has 0 bridgehead atoms. The molecule has 0 radical (unpaired) electrons. The molecule has 1 fully saturated rings. The van der Waals surface area contributed by atoms with Crippen LogP contribution in [0.3, 0.4) is 0 Å². The topological polar surface area (TPSA) is 49.9 Å². The number of nitrogens with zero attached hydrogens (tertiary/aromatic N) is 2. The molecule has 1 atom stereocenters. The first kappa shape index (κ1) is 33.2. The van der Waals surface area contributed by atoms with Crippen molar-refractivity contribution in [1.82, 2.24) is 9.80 Å². The highest BCUT2D eigenvalue weighted by Gasteiger charge is 2.43. The van der Waals surface area contributed by atoms with Gasteiger partial charge in [-0.25, -0.2) is 9.18 Å². The summed E-state index contributed by atoms with van der Waals surface area (Å²) in [5, 5.41) is 0. The van der Waals surface area contributed by atoms with E-state index in [1.807, 2.05) is 0 Å². The van der Waals surface area contributed by atoms with Crippen LogP contribution in [0.4, 0.5) is 35.5 Å². The van der Waals surface area contributed by atoms with Crippen molar-refractivity contribution in [2.24, 2.45) is 0 Å². The number of alkyl halides is 6. The minimum absolute atomic E-state index is 0.0444. The molecule has 0 spiro atoms. The van der Waals surface area contributed by atoms with Gasteiger partial charge in [-0.15, -0.1) is 0 Å². The van der Waals surface area contributed by atoms with Gasteiger partial charge in [0, 0.05) is 32.0 Å². The molecule has 2 aromatic carbocycles. The zero-order valence-corrected chi connectivity index (χ0v) is 24.3. The Morgan fingerprint density at radius 2 is 1.48 bits per heavy atom. The molecule has 1 aliphatic heterocycles. The van der Waals surface area contributed by atoms with Gasteiger partial charge in [-0.2, -0.15) is 26.3 Å². The molecule has 0 aromatic heterocycles. The van der Waals surface area contributed by atoms with E-state index in [1.54, 1.807) is 33.8 Å². The number of ether oxygens (including phenoxy) is 1. The zero-order valence-electron chi connectivity index (χ0n) is 24.3. The van der Waals surface area contributed by atoms with Crippen molar-refractivity contribution < 1.29 is 45.1 Å². The Morgan fingerprint density at radius 3 is 1.93 bits per heavy atom. The highest BCUT2D eigenvalue weighted by atomic mass is 19.4. The highest BCUT2D eigenvalue weighted by molar-refractivity contribution is 5.78. The molecule has 0 saturated carbocycles. The van der Waals surface area contributed by atoms with Crippen molar-refractivity contribution in [3.63, 3.8) is 0 Å². The third kappa shape index (κ3) is 7.74. The van der Waals surface area contributed by atoms with E-state index in [1.165, 1.54) is 31.0 Å². The summed E-state index contributed by atoms with van der Waals surface area (Å²) in [6, 6.07) is 4.31. The number of aryl methyl sites for hydroxylation is 1. The molecular weight excluding hydrogens is 569 g/mol. The monoisotopic (exact) mass is 604 g/mol. The van der Waals surface area contributed by atoms with Crippen molar-refractivity contribution in [3.8, 4) is 0 Å². The van der Waals surface area contributed by atoms with Gasteiger partial charge < -0.3 is 14.5 Å². The van der Waals surface area contributed by atoms with Crippen LogP contribution in [0.1, 0.15) is 80.8 Å². The van der Waals surface area contributed by atoms with Crippen LogP contribution in [-0.4, -0.2) is 47.5 Å². The van der Waals surface area contributed by atoms with Crippen LogP contribution in [0.2, 0.25) is 0 Å². The second kappa shape index (κ2) is 11.8. The van der Waals surface area contributed by atoms with Gasteiger partial charge in [0.1, 0.15) is 11.4 Å². The van der Waals surface area contributed by atoms with Crippen LogP contribution in [-0.2, 0) is 27.3 Å². The lowest BCUT2D eigenvalue weighted by atomic mass is 9.68. The molecule has 1 heterocycles. The van der Waals surface area contributed by atoms with E-state index in [2.05, 4.69) is 0 Å². The van der Waals surface area contributed by atoms with Crippen molar-refractivity contribution in [3.05, 3.63) is 70.0 Å². The minimum Gasteiger partial charge on any atom is -0.444 e. The number of halogens is 7. The fourth-order valence-corrected chi connectivity index (χ4v) is 5.28. The quantitative estimate of drug-likeness (QED) is 0.325. The number of carbonyl (C=O) groups is 2. The Hall–Kier alpha value is -3.31. The van der Waals surface area contributed by atoms with Gasteiger partial charge >= 0.3 is 18.4 Å². The van der Waals surface area contributed by atoms with Gasteiger partial charge in [0.15, 0.2) is 0 Å². The molecule has 0 aliphatic carbocycles. The van der Waals surface area contributed by atoms with Crippen molar-refractivity contribution in [2.75, 3.05) is 20.1 Å². The normalized spacial score (nSPS) is 16.6. The summed E-state index contributed by atoms with van der Waals surface area (Å²) in [6.07, 6.45) is -10.1. The van der Waals surface area contributed by atoms with Crippen molar-refractivity contribution >= 4 is 12.0 Å². The standard InChI is InChI=1S/C30H35F7N2O3/c1-18-13-23(31)7-8-24(18)28(9-11-39(12-10-28)26(41)42-27(3,4)5)17-25(40)38(6)19(2)20-14-21(29(32,33)34)16-22(15-20)30(35,36)37/h7-8,13-16,19H,9-12,17H2,1-6H3/t19-/m1/s1. The number of amides is 2. The lowest BCUT2D eigenvalue weighted by Gasteiger charge is -2.43. The predicted molar refractivity (Wildman–Crippen MR) is 142 cm³/mol. The molecule has 2 aromatic rings. The molecule has 42 heavy (non-hydrogen) atoms. The summed E-state index contributed by atoms with van der Waals surface area (Å²) in [5.74, 6) is -0.998. The number of rotatable bonds is 5. The first-order chi connectivity index (χ1) is 19.1. The second-order valence-corrected chi connectivity index (χ2v) is 11.9. The predicted octanol–water partition coefficient (Wildman–Crippen LogP) is 8.05. The maximum absolute atomic E-state index is 14.0. The van der Waals surface area contributed by atoms with E-state index in [0.717, 1.165) is 4.90 Å². The minimum atomic E-state index is -5.02. The van der Waals surface area contributed by atoms with Gasteiger partial charge in [0.05, 0.1) is 17.2 Å². The van der Waals surface area contributed by atoms with E-state index >= 15 is 0 Å². The van der Waals surface area contributed by atoms with Crippen LogP contribution in [0.25, 0.3) is 0 Å². The average molecular weight is 605 g/mol. The van der Waals surface area contributed by atoms with Gasteiger partial charge in [0.2, 0.25) is 5.91 Å². The smallest absolute Gasteiger partial charge is 0.416 e. The van der Waals surface area contributed by atoms with Crippen LogP contribution in [0.15, 0.2) is 36.4 Å². The molecule has 0 unspecified atom stereocenters. The van der Waals surface area contributed by atoms with Crippen molar-refractivity contribution in [2.45, 2.75) is 83.3 Å². The number of benzene rings is 2. The van der Waals surface area contributed by atoms with E-state index in [4.69, 9.17) is 4.74 Å². The summed E-state index contributed by atoms with van der Waals surface area (Å²) in [7, 11) is 1.32. The molecular formula is C30H35F7N2O3. The van der Waals surface area contributed by atoms with Gasteiger partial charge in [0.25, 0.3) is 0 Å². The number of hydrogen-bond donors (Lipinski definition) is 0. The van der Waals surface area contributed by atoms with E-state index < -0.39 is 58.4 Å². The lowest BCUT2D eigenvalue weighted by molar-refractivity contribution is -0.143. The molecule has 1 aliphatic rings. The molecule has 2 amide bonds. The number of carbonyl (C=O) groups excluding carboxylic acids is 2. The van der Waals surface area contributed by atoms with Crippen LogP contribution in [0.5, 0.6) is 0 Å². The molecule has 12 heteroatoms. The number of likely N-dealkylation sites (tertiary alicyclic amines) is 1. The molecule has 1 saturated heterocycles. The fourth-order valence-electron chi connectivity index (χ4n) is 5.28. The Balaban J connectivity index is 1.93. The second-order valence-electron chi connectivity index (χ2n) is 11.9. The van der Waals surface area contributed by atoms with Crippen LogP contribution >= 0.6 is 0 Å². The third-order valence-corrected chi connectivity index (χ3v) is 7.69. The Kier molecular flexibility index (Phi) is 9.29. The Morgan fingerprint density at radius 1 is 0.952 bits per heavy atom. The Labute approximate surface area is 240 Å². The largest absolute Gasteiger partial charge is 0.444 e. The highest BCUT2D eigenvalue weighted by Crippen LogP contribution is 2.43. The summed E-state index contributed by atoms with van der Waals surface area (Å²) < 4.78 is 100. The lowest BCUT2D eigenvalue weighted by Crippen LogP contribution is -2.49. The maximum atomic E-state index is 14.0. The first-order valence-electron chi connectivity index (χ1n) is 13.4. The SMILES string of the molecule is Cc1cc(F)ccc1C1(CC(=O)N(C)[C@H](C)c2cc(C(F)(F)F)cc(C(F)(F)F)c2)CCN(C(=O)OC(C)(C)C)CC1. The number of hydrogen-bond acceptors (Lipinski definition) is 3. The molecule has 5 nitrogen and oxygen atoms in total. The molecule has 3 rings (SSSR count). The third-order valence-electron chi connectivity index (χ3n) is 7.69. The van der Waals surface area contributed by atoms with E-state index in [0.29, 0.717) is 36.1 Å². The summed E-state index contributed by atoms with van der Waals surface area (Å²) in [5.41, 5.74) is -3.58. The van der Waals surface area contributed by atoms with Gasteiger partial charge in [-0.05, 0) is 94.5 Å². The zero-order chi connectivity index (χ0) is 31.8. The van der Waals surface area contributed by atoms with Gasteiger partial charge in [-0.1, -0.05) is 6.07 Å².